The van der Waals surface area contributed by atoms with E-state index in [9.17, 15) is 9.90 Å². The SMILES string of the molecule is Cc1nc(SCCC(C)(NC(C)C)C(=O)O)n[nH]1. The Morgan fingerprint density at radius 1 is 1.61 bits per heavy atom. The van der Waals surface area contributed by atoms with Gasteiger partial charge in [-0.1, -0.05) is 11.8 Å². The second-order valence-electron chi connectivity index (χ2n) is 4.74. The van der Waals surface area contributed by atoms with Gasteiger partial charge in [-0.3, -0.25) is 15.2 Å². The highest BCUT2D eigenvalue weighted by Gasteiger charge is 2.32. The van der Waals surface area contributed by atoms with E-state index in [0.29, 0.717) is 17.3 Å². The van der Waals surface area contributed by atoms with Crippen LogP contribution in [0.1, 0.15) is 33.0 Å². The topological polar surface area (TPSA) is 90.9 Å². The molecule has 3 N–H and O–H groups in total. The van der Waals surface area contributed by atoms with E-state index in [2.05, 4.69) is 20.5 Å². The monoisotopic (exact) mass is 272 g/mol. The Morgan fingerprint density at radius 2 is 2.28 bits per heavy atom. The molecule has 0 saturated carbocycles. The summed E-state index contributed by atoms with van der Waals surface area (Å²) in [6.45, 7) is 7.41. The van der Waals surface area contributed by atoms with E-state index < -0.39 is 11.5 Å². The number of hydrogen-bond donors (Lipinski definition) is 3. The first-order valence-corrected chi connectivity index (χ1v) is 6.85. The average Bonchev–Trinajstić information content (AvgIpc) is 2.63. The zero-order valence-corrected chi connectivity index (χ0v) is 12.0. The quantitative estimate of drug-likeness (QED) is 0.651. The van der Waals surface area contributed by atoms with Gasteiger partial charge in [0.1, 0.15) is 11.4 Å². The molecule has 18 heavy (non-hydrogen) atoms. The first-order chi connectivity index (χ1) is 8.33. The van der Waals surface area contributed by atoms with Gasteiger partial charge >= 0.3 is 5.97 Å². The van der Waals surface area contributed by atoms with Crippen molar-refractivity contribution in [1.82, 2.24) is 20.5 Å². The summed E-state index contributed by atoms with van der Waals surface area (Å²) in [5.74, 6) is 0.585. The van der Waals surface area contributed by atoms with Gasteiger partial charge in [-0.15, -0.1) is 5.10 Å². The summed E-state index contributed by atoms with van der Waals surface area (Å²) in [7, 11) is 0. The number of carbonyl (C=O) groups is 1. The Bertz CT molecular complexity index is 408. The lowest BCUT2D eigenvalue weighted by molar-refractivity contribution is -0.144. The Kier molecular flexibility index (Phi) is 5.15. The van der Waals surface area contributed by atoms with Crippen molar-refractivity contribution in [2.45, 2.75) is 50.9 Å². The Hall–Kier alpha value is -1.08. The molecule has 0 spiro atoms. The van der Waals surface area contributed by atoms with Crippen LogP contribution in [0.15, 0.2) is 5.16 Å². The molecular formula is C11H20N4O2S. The van der Waals surface area contributed by atoms with Gasteiger partial charge in [-0.25, -0.2) is 4.98 Å². The van der Waals surface area contributed by atoms with Gasteiger partial charge < -0.3 is 5.11 Å². The highest BCUT2D eigenvalue weighted by Crippen LogP contribution is 2.19. The molecule has 0 bridgehead atoms. The molecule has 1 unspecified atom stereocenters. The van der Waals surface area contributed by atoms with E-state index in [4.69, 9.17) is 0 Å². The number of aromatic nitrogens is 3. The van der Waals surface area contributed by atoms with Crippen LogP contribution >= 0.6 is 11.8 Å². The average molecular weight is 272 g/mol. The minimum absolute atomic E-state index is 0.127. The third-order valence-electron chi connectivity index (χ3n) is 2.49. The van der Waals surface area contributed by atoms with Crippen molar-refractivity contribution in [2.24, 2.45) is 0 Å². The zero-order valence-electron chi connectivity index (χ0n) is 11.1. The van der Waals surface area contributed by atoms with Crippen molar-refractivity contribution < 1.29 is 9.90 Å². The van der Waals surface area contributed by atoms with Crippen molar-refractivity contribution in [3.63, 3.8) is 0 Å². The summed E-state index contributed by atoms with van der Waals surface area (Å²) in [6.07, 6.45) is 0.513. The fourth-order valence-corrected chi connectivity index (χ4v) is 2.62. The third-order valence-corrected chi connectivity index (χ3v) is 3.34. The standard InChI is InChI=1S/C11H20N4O2S/c1-7(2)13-11(4,9(16)17)5-6-18-10-12-8(3)14-15-10/h7,13H,5-6H2,1-4H3,(H,16,17)(H,12,14,15). The molecule has 102 valence electrons. The van der Waals surface area contributed by atoms with Gasteiger partial charge in [-0.2, -0.15) is 0 Å². The van der Waals surface area contributed by atoms with Crippen LogP contribution in [0.3, 0.4) is 0 Å². The van der Waals surface area contributed by atoms with E-state index in [1.54, 1.807) is 6.92 Å². The molecule has 0 aliphatic rings. The lowest BCUT2D eigenvalue weighted by atomic mass is 9.98. The summed E-state index contributed by atoms with van der Waals surface area (Å²) in [5.41, 5.74) is -0.910. The van der Waals surface area contributed by atoms with Crippen LogP contribution in [0, 0.1) is 6.92 Å². The van der Waals surface area contributed by atoms with Crippen molar-refractivity contribution in [1.29, 1.82) is 0 Å². The molecule has 0 fully saturated rings. The van der Waals surface area contributed by atoms with Gasteiger partial charge in [0, 0.05) is 11.8 Å². The molecule has 6 nitrogen and oxygen atoms in total. The number of carboxylic acids is 1. The number of H-pyrrole nitrogens is 1. The first kappa shape index (κ1) is 15.0. The van der Waals surface area contributed by atoms with Crippen molar-refractivity contribution in [2.75, 3.05) is 5.75 Å². The fourth-order valence-electron chi connectivity index (χ4n) is 1.61. The summed E-state index contributed by atoms with van der Waals surface area (Å²) in [4.78, 5) is 15.5. The summed E-state index contributed by atoms with van der Waals surface area (Å²) >= 11 is 1.46. The van der Waals surface area contributed by atoms with E-state index in [1.807, 2.05) is 20.8 Å². The predicted octanol–water partition coefficient (Wildman–Crippen LogP) is 1.44. The van der Waals surface area contributed by atoms with Gasteiger partial charge in [0.2, 0.25) is 5.16 Å². The highest BCUT2D eigenvalue weighted by molar-refractivity contribution is 7.99. The van der Waals surface area contributed by atoms with Crippen LogP contribution in [0.25, 0.3) is 0 Å². The number of nitrogens with zero attached hydrogens (tertiary/aromatic N) is 2. The number of carboxylic acid groups (broad SMARTS) is 1. The molecule has 1 rings (SSSR count). The summed E-state index contributed by atoms with van der Waals surface area (Å²) in [5, 5.41) is 19.8. The highest BCUT2D eigenvalue weighted by atomic mass is 32.2. The molecule has 0 aliphatic heterocycles. The maximum Gasteiger partial charge on any atom is 0.323 e. The van der Waals surface area contributed by atoms with E-state index in [0.717, 1.165) is 5.82 Å². The molecule has 0 saturated heterocycles. The number of hydrogen-bond acceptors (Lipinski definition) is 5. The van der Waals surface area contributed by atoms with Gasteiger partial charge in [0.05, 0.1) is 0 Å². The van der Waals surface area contributed by atoms with Crippen LogP contribution in [-0.2, 0) is 4.79 Å². The fraction of sp³-hybridized carbons (Fsp3) is 0.727. The molecule has 1 atom stereocenters. The number of aliphatic carboxylic acids is 1. The Balaban J connectivity index is 2.50. The minimum Gasteiger partial charge on any atom is -0.480 e. The van der Waals surface area contributed by atoms with Crippen LogP contribution in [0.2, 0.25) is 0 Å². The Morgan fingerprint density at radius 3 is 2.72 bits per heavy atom. The lowest BCUT2D eigenvalue weighted by Gasteiger charge is -2.28. The van der Waals surface area contributed by atoms with Gasteiger partial charge in [0.15, 0.2) is 0 Å². The number of thioether (sulfide) groups is 1. The maximum atomic E-state index is 11.3. The molecule has 0 radical (unpaired) electrons. The zero-order chi connectivity index (χ0) is 13.8. The smallest absolute Gasteiger partial charge is 0.323 e. The summed E-state index contributed by atoms with van der Waals surface area (Å²) < 4.78 is 0. The molecular weight excluding hydrogens is 252 g/mol. The molecule has 0 amide bonds. The second-order valence-corrected chi connectivity index (χ2v) is 5.80. The van der Waals surface area contributed by atoms with Crippen LogP contribution in [0.5, 0.6) is 0 Å². The molecule has 1 aromatic rings. The molecule has 0 aliphatic carbocycles. The number of aromatic amines is 1. The summed E-state index contributed by atoms with van der Waals surface area (Å²) in [6, 6.07) is 0.127. The van der Waals surface area contributed by atoms with Crippen molar-refractivity contribution in [3.05, 3.63) is 5.82 Å². The molecule has 7 heteroatoms. The number of rotatable bonds is 7. The third kappa shape index (κ3) is 4.30. The maximum absolute atomic E-state index is 11.3. The number of nitrogens with one attached hydrogen (secondary N) is 2. The molecule has 1 heterocycles. The van der Waals surface area contributed by atoms with E-state index in [-0.39, 0.29) is 6.04 Å². The van der Waals surface area contributed by atoms with Gasteiger partial charge in [-0.05, 0) is 34.1 Å². The lowest BCUT2D eigenvalue weighted by Crippen LogP contribution is -2.52. The van der Waals surface area contributed by atoms with E-state index >= 15 is 0 Å². The van der Waals surface area contributed by atoms with E-state index in [1.165, 1.54) is 11.8 Å². The Labute approximate surface area is 111 Å². The van der Waals surface area contributed by atoms with Crippen molar-refractivity contribution >= 4 is 17.7 Å². The predicted molar refractivity (Wildman–Crippen MR) is 70.8 cm³/mol. The van der Waals surface area contributed by atoms with Crippen molar-refractivity contribution in [3.8, 4) is 0 Å². The van der Waals surface area contributed by atoms with Gasteiger partial charge in [0.25, 0.3) is 0 Å². The van der Waals surface area contributed by atoms with Crippen LogP contribution in [-0.4, -0.2) is 43.6 Å². The van der Waals surface area contributed by atoms with Crippen LogP contribution in [0.4, 0.5) is 0 Å². The second kappa shape index (κ2) is 6.19. The minimum atomic E-state index is -0.910. The van der Waals surface area contributed by atoms with Crippen LogP contribution < -0.4 is 5.32 Å². The number of aryl methyl sites for hydroxylation is 1. The first-order valence-electron chi connectivity index (χ1n) is 5.86. The largest absolute Gasteiger partial charge is 0.480 e. The molecule has 1 aromatic heterocycles. The normalized spacial score (nSPS) is 14.7. The molecule has 0 aromatic carbocycles.